The SMILES string of the molecule is CN(CCNC(=O)c1cccc(N)c1)C1CC1. The van der Waals surface area contributed by atoms with Gasteiger partial charge < -0.3 is 16.0 Å². The number of nitrogens with two attached hydrogens (primary N) is 1. The first-order valence-corrected chi connectivity index (χ1v) is 6.01. The molecule has 0 spiro atoms. The first-order valence-electron chi connectivity index (χ1n) is 6.01. The van der Waals surface area contributed by atoms with E-state index in [1.165, 1.54) is 12.8 Å². The molecule has 0 bridgehead atoms. The van der Waals surface area contributed by atoms with Gasteiger partial charge in [0.25, 0.3) is 5.91 Å². The topological polar surface area (TPSA) is 58.4 Å². The highest BCUT2D eigenvalue weighted by Gasteiger charge is 2.25. The van der Waals surface area contributed by atoms with Crippen molar-refractivity contribution in [1.82, 2.24) is 10.2 Å². The maximum Gasteiger partial charge on any atom is 0.251 e. The molecule has 1 saturated carbocycles. The first kappa shape index (κ1) is 11.9. The van der Waals surface area contributed by atoms with Crippen LogP contribution in [0.3, 0.4) is 0 Å². The fraction of sp³-hybridized carbons (Fsp3) is 0.462. The summed E-state index contributed by atoms with van der Waals surface area (Å²) in [4.78, 5) is 14.1. The zero-order valence-electron chi connectivity index (χ0n) is 10.1. The number of carbonyl (C=O) groups excluding carboxylic acids is 1. The average molecular weight is 233 g/mol. The van der Waals surface area contributed by atoms with Gasteiger partial charge in [-0.1, -0.05) is 6.07 Å². The Kier molecular flexibility index (Phi) is 3.64. The minimum atomic E-state index is -0.0542. The van der Waals surface area contributed by atoms with Gasteiger partial charge in [-0.05, 0) is 38.1 Å². The average Bonchev–Trinajstić information content (AvgIpc) is 3.12. The van der Waals surface area contributed by atoms with Gasteiger partial charge in [0.05, 0.1) is 0 Å². The Morgan fingerprint density at radius 3 is 2.94 bits per heavy atom. The zero-order chi connectivity index (χ0) is 12.3. The Hall–Kier alpha value is -1.55. The molecule has 0 unspecified atom stereocenters. The van der Waals surface area contributed by atoms with Gasteiger partial charge in [0.15, 0.2) is 0 Å². The van der Waals surface area contributed by atoms with Crippen LogP contribution in [0.1, 0.15) is 23.2 Å². The number of nitrogens with zero attached hydrogens (tertiary/aromatic N) is 1. The molecule has 0 aromatic heterocycles. The van der Waals surface area contributed by atoms with Crippen molar-refractivity contribution < 1.29 is 4.79 Å². The lowest BCUT2D eigenvalue weighted by molar-refractivity contribution is 0.0949. The van der Waals surface area contributed by atoms with E-state index in [4.69, 9.17) is 5.73 Å². The number of nitrogens with one attached hydrogen (secondary N) is 1. The summed E-state index contributed by atoms with van der Waals surface area (Å²) in [6, 6.07) is 7.77. The van der Waals surface area contributed by atoms with Crippen LogP contribution in [0, 0.1) is 0 Å². The minimum Gasteiger partial charge on any atom is -0.399 e. The standard InChI is InChI=1S/C13H19N3O/c1-16(12-5-6-12)8-7-15-13(17)10-3-2-4-11(14)9-10/h2-4,9,12H,5-8,14H2,1H3,(H,15,17). The number of likely N-dealkylation sites (N-methyl/N-ethyl adjacent to an activating group) is 1. The van der Waals surface area contributed by atoms with Gasteiger partial charge in [-0.3, -0.25) is 4.79 Å². The molecule has 4 nitrogen and oxygen atoms in total. The van der Waals surface area contributed by atoms with Gasteiger partial charge in [0.2, 0.25) is 0 Å². The van der Waals surface area contributed by atoms with Gasteiger partial charge in [0, 0.05) is 30.4 Å². The van der Waals surface area contributed by atoms with Crippen LogP contribution in [-0.4, -0.2) is 37.0 Å². The van der Waals surface area contributed by atoms with Crippen LogP contribution in [0.5, 0.6) is 0 Å². The third kappa shape index (κ3) is 3.46. The smallest absolute Gasteiger partial charge is 0.251 e. The van der Waals surface area contributed by atoms with Gasteiger partial charge in [-0.25, -0.2) is 0 Å². The highest BCUT2D eigenvalue weighted by Crippen LogP contribution is 2.24. The molecule has 92 valence electrons. The maximum absolute atomic E-state index is 11.8. The predicted octanol–water partition coefficient (Wildman–Crippen LogP) is 1.09. The number of rotatable bonds is 5. The van der Waals surface area contributed by atoms with E-state index in [9.17, 15) is 4.79 Å². The van der Waals surface area contributed by atoms with Crippen LogP contribution in [0.4, 0.5) is 5.69 Å². The van der Waals surface area contributed by atoms with Gasteiger partial charge in [-0.2, -0.15) is 0 Å². The fourth-order valence-electron chi connectivity index (χ4n) is 1.83. The van der Waals surface area contributed by atoms with Crippen molar-refractivity contribution in [3.05, 3.63) is 29.8 Å². The predicted molar refractivity (Wildman–Crippen MR) is 68.8 cm³/mol. The summed E-state index contributed by atoms with van der Waals surface area (Å²) in [5.74, 6) is -0.0542. The summed E-state index contributed by atoms with van der Waals surface area (Å²) in [6.45, 7) is 1.58. The summed E-state index contributed by atoms with van der Waals surface area (Å²) in [7, 11) is 2.10. The van der Waals surface area contributed by atoms with Crippen molar-refractivity contribution in [3.8, 4) is 0 Å². The third-order valence-corrected chi connectivity index (χ3v) is 3.07. The van der Waals surface area contributed by atoms with Gasteiger partial charge in [-0.15, -0.1) is 0 Å². The monoisotopic (exact) mass is 233 g/mol. The highest BCUT2D eigenvalue weighted by atomic mass is 16.1. The minimum absolute atomic E-state index is 0.0542. The number of carbonyl (C=O) groups is 1. The Balaban J connectivity index is 1.76. The van der Waals surface area contributed by atoms with E-state index in [-0.39, 0.29) is 5.91 Å². The van der Waals surface area contributed by atoms with E-state index in [0.29, 0.717) is 17.8 Å². The van der Waals surface area contributed by atoms with E-state index < -0.39 is 0 Å². The van der Waals surface area contributed by atoms with E-state index in [2.05, 4.69) is 17.3 Å². The van der Waals surface area contributed by atoms with Gasteiger partial charge >= 0.3 is 0 Å². The van der Waals surface area contributed by atoms with Crippen molar-refractivity contribution in [2.24, 2.45) is 0 Å². The molecule has 1 aliphatic rings. The number of hydrogen-bond acceptors (Lipinski definition) is 3. The number of nitrogen functional groups attached to an aromatic ring is 1. The molecule has 4 heteroatoms. The van der Waals surface area contributed by atoms with Crippen LogP contribution < -0.4 is 11.1 Å². The number of anilines is 1. The summed E-state index contributed by atoms with van der Waals surface area (Å²) >= 11 is 0. The molecular formula is C13H19N3O. The second kappa shape index (κ2) is 5.19. The van der Waals surface area contributed by atoms with Crippen molar-refractivity contribution >= 4 is 11.6 Å². The van der Waals surface area contributed by atoms with Crippen LogP contribution in [0.2, 0.25) is 0 Å². The number of benzene rings is 1. The van der Waals surface area contributed by atoms with Crippen molar-refractivity contribution in [3.63, 3.8) is 0 Å². The Morgan fingerprint density at radius 2 is 2.29 bits per heavy atom. The molecule has 1 aromatic rings. The van der Waals surface area contributed by atoms with Crippen molar-refractivity contribution in [2.45, 2.75) is 18.9 Å². The molecule has 1 fully saturated rings. The van der Waals surface area contributed by atoms with Crippen LogP contribution >= 0.6 is 0 Å². The maximum atomic E-state index is 11.8. The van der Waals surface area contributed by atoms with E-state index in [0.717, 1.165) is 12.6 Å². The number of amides is 1. The molecule has 2 rings (SSSR count). The molecule has 0 radical (unpaired) electrons. The Labute approximate surface area is 102 Å². The lowest BCUT2D eigenvalue weighted by Crippen LogP contribution is -2.33. The van der Waals surface area contributed by atoms with Crippen molar-refractivity contribution in [1.29, 1.82) is 0 Å². The molecule has 0 atom stereocenters. The molecule has 17 heavy (non-hydrogen) atoms. The zero-order valence-corrected chi connectivity index (χ0v) is 10.1. The molecule has 0 saturated heterocycles. The molecule has 1 aromatic carbocycles. The van der Waals surface area contributed by atoms with E-state index in [1.54, 1.807) is 24.3 Å². The summed E-state index contributed by atoms with van der Waals surface area (Å²) in [5.41, 5.74) is 6.88. The summed E-state index contributed by atoms with van der Waals surface area (Å²) in [6.07, 6.45) is 2.58. The van der Waals surface area contributed by atoms with Gasteiger partial charge in [0.1, 0.15) is 0 Å². The second-order valence-electron chi connectivity index (χ2n) is 4.59. The molecular weight excluding hydrogens is 214 g/mol. The second-order valence-corrected chi connectivity index (χ2v) is 4.59. The Bertz CT molecular complexity index is 401. The van der Waals surface area contributed by atoms with Crippen LogP contribution in [0.25, 0.3) is 0 Å². The molecule has 1 aliphatic carbocycles. The molecule has 0 aliphatic heterocycles. The quantitative estimate of drug-likeness (QED) is 0.749. The fourth-order valence-corrected chi connectivity index (χ4v) is 1.83. The Morgan fingerprint density at radius 1 is 1.53 bits per heavy atom. The van der Waals surface area contributed by atoms with Crippen molar-refractivity contribution in [2.75, 3.05) is 25.9 Å². The summed E-state index contributed by atoms with van der Waals surface area (Å²) in [5, 5.41) is 2.90. The van der Waals surface area contributed by atoms with Crippen LogP contribution in [-0.2, 0) is 0 Å². The first-order chi connectivity index (χ1) is 8.16. The lowest BCUT2D eigenvalue weighted by atomic mass is 10.2. The largest absolute Gasteiger partial charge is 0.399 e. The van der Waals surface area contributed by atoms with E-state index in [1.807, 2.05) is 0 Å². The van der Waals surface area contributed by atoms with E-state index >= 15 is 0 Å². The highest BCUT2D eigenvalue weighted by molar-refractivity contribution is 5.94. The molecule has 3 N–H and O–H groups in total. The molecule has 0 heterocycles. The third-order valence-electron chi connectivity index (χ3n) is 3.07. The number of hydrogen-bond donors (Lipinski definition) is 2. The summed E-state index contributed by atoms with van der Waals surface area (Å²) < 4.78 is 0. The lowest BCUT2D eigenvalue weighted by Gasteiger charge is -2.15. The normalized spacial score (nSPS) is 14.9. The molecule has 1 amide bonds. The van der Waals surface area contributed by atoms with Crippen LogP contribution in [0.15, 0.2) is 24.3 Å².